The number of aromatic nitrogens is 3. The molecule has 90 valence electrons. The monoisotopic (exact) mass is 279 g/mol. The molecular weight excluding hydrogens is 274 g/mol. The molecule has 0 amide bonds. The highest BCUT2D eigenvalue weighted by Gasteiger charge is 2.15. The van der Waals surface area contributed by atoms with Crippen LogP contribution in [0.1, 0.15) is 10.5 Å². The molecule has 3 aromatic rings. The average Bonchev–Trinajstić information content (AvgIpc) is 2.88. The SMILES string of the molecule is O=C(O)c1csc2nc(-c3ccc(Cl)cc3)nn12. The Balaban J connectivity index is 2.13. The molecule has 7 heteroatoms. The number of fused-ring (bicyclic) bond motifs is 1. The summed E-state index contributed by atoms with van der Waals surface area (Å²) in [6.07, 6.45) is 0. The number of benzene rings is 1. The largest absolute Gasteiger partial charge is 0.476 e. The molecular formula is C11H6ClN3O2S. The Morgan fingerprint density at radius 2 is 2.06 bits per heavy atom. The van der Waals surface area contributed by atoms with E-state index in [1.165, 1.54) is 21.2 Å². The fourth-order valence-corrected chi connectivity index (χ4v) is 2.47. The third kappa shape index (κ3) is 1.75. The van der Waals surface area contributed by atoms with Gasteiger partial charge in [0.1, 0.15) is 0 Å². The van der Waals surface area contributed by atoms with Gasteiger partial charge in [-0.2, -0.15) is 9.50 Å². The molecule has 0 spiro atoms. The molecule has 2 aromatic heterocycles. The fourth-order valence-electron chi connectivity index (χ4n) is 1.55. The van der Waals surface area contributed by atoms with E-state index in [1.807, 2.05) is 0 Å². The summed E-state index contributed by atoms with van der Waals surface area (Å²) in [5.41, 5.74) is 0.911. The maximum Gasteiger partial charge on any atom is 0.355 e. The van der Waals surface area contributed by atoms with Crippen molar-refractivity contribution in [3.8, 4) is 11.4 Å². The Morgan fingerprint density at radius 1 is 1.33 bits per heavy atom. The van der Waals surface area contributed by atoms with E-state index in [1.54, 1.807) is 24.3 Å². The molecule has 5 nitrogen and oxygen atoms in total. The molecule has 3 rings (SSSR count). The molecule has 1 aromatic carbocycles. The van der Waals surface area contributed by atoms with E-state index >= 15 is 0 Å². The minimum absolute atomic E-state index is 0.114. The number of hydrogen-bond acceptors (Lipinski definition) is 4. The normalized spacial score (nSPS) is 10.9. The van der Waals surface area contributed by atoms with Gasteiger partial charge < -0.3 is 5.11 Å². The van der Waals surface area contributed by atoms with Crippen LogP contribution in [0.3, 0.4) is 0 Å². The van der Waals surface area contributed by atoms with E-state index in [0.717, 1.165) is 5.56 Å². The van der Waals surface area contributed by atoms with Crippen LogP contribution in [0.15, 0.2) is 29.6 Å². The van der Waals surface area contributed by atoms with Crippen molar-refractivity contribution in [1.82, 2.24) is 14.6 Å². The van der Waals surface area contributed by atoms with Crippen molar-refractivity contribution in [2.75, 3.05) is 0 Å². The second kappa shape index (κ2) is 4.08. The van der Waals surface area contributed by atoms with Gasteiger partial charge in [-0.3, -0.25) is 0 Å². The average molecular weight is 280 g/mol. The number of carbonyl (C=O) groups is 1. The van der Waals surface area contributed by atoms with Gasteiger partial charge in [0.05, 0.1) is 0 Å². The summed E-state index contributed by atoms with van der Waals surface area (Å²) in [5.74, 6) is -0.533. The van der Waals surface area contributed by atoms with E-state index in [4.69, 9.17) is 16.7 Å². The van der Waals surface area contributed by atoms with E-state index < -0.39 is 5.97 Å². The van der Waals surface area contributed by atoms with Gasteiger partial charge in [-0.05, 0) is 24.3 Å². The summed E-state index contributed by atoms with van der Waals surface area (Å²) in [7, 11) is 0. The predicted molar refractivity (Wildman–Crippen MR) is 68.3 cm³/mol. The second-order valence-electron chi connectivity index (χ2n) is 3.56. The zero-order valence-electron chi connectivity index (χ0n) is 8.87. The highest BCUT2D eigenvalue weighted by molar-refractivity contribution is 7.15. The minimum atomic E-state index is -1.02. The van der Waals surface area contributed by atoms with Crippen LogP contribution in [0, 0.1) is 0 Å². The highest BCUT2D eigenvalue weighted by Crippen LogP contribution is 2.22. The van der Waals surface area contributed by atoms with E-state index in [-0.39, 0.29) is 5.69 Å². The van der Waals surface area contributed by atoms with Crippen LogP contribution in [0.2, 0.25) is 5.02 Å². The number of nitrogens with zero attached hydrogens (tertiary/aromatic N) is 3. The van der Waals surface area contributed by atoms with Crippen molar-refractivity contribution in [3.63, 3.8) is 0 Å². The highest BCUT2D eigenvalue weighted by atomic mass is 35.5. The second-order valence-corrected chi connectivity index (χ2v) is 4.84. The molecule has 0 fully saturated rings. The number of hydrogen-bond donors (Lipinski definition) is 1. The van der Waals surface area contributed by atoms with Crippen LogP contribution in [-0.2, 0) is 0 Å². The van der Waals surface area contributed by atoms with Gasteiger partial charge in [0.15, 0.2) is 11.5 Å². The lowest BCUT2D eigenvalue weighted by molar-refractivity contribution is 0.0688. The third-order valence-electron chi connectivity index (χ3n) is 2.40. The molecule has 0 radical (unpaired) electrons. The van der Waals surface area contributed by atoms with Crippen molar-refractivity contribution in [2.24, 2.45) is 0 Å². The molecule has 0 aliphatic rings. The summed E-state index contributed by atoms with van der Waals surface area (Å²) in [6, 6.07) is 7.07. The topological polar surface area (TPSA) is 67.5 Å². The summed E-state index contributed by atoms with van der Waals surface area (Å²) >= 11 is 7.05. The number of aromatic carboxylic acids is 1. The lowest BCUT2D eigenvalue weighted by Gasteiger charge is -1.94. The first kappa shape index (κ1) is 11.2. The Kier molecular flexibility index (Phi) is 2.53. The Morgan fingerprint density at radius 3 is 2.72 bits per heavy atom. The van der Waals surface area contributed by atoms with Gasteiger partial charge in [-0.1, -0.05) is 11.6 Å². The van der Waals surface area contributed by atoms with Crippen molar-refractivity contribution >= 4 is 33.9 Å². The van der Waals surface area contributed by atoms with Crippen molar-refractivity contribution in [1.29, 1.82) is 0 Å². The number of carboxylic acid groups (broad SMARTS) is 1. The Labute approximate surface area is 110 Å². The van der Waals surface area contributed by atoms with E-state index in [9.17, 15) is 4.79 Å². The van der Waals surface area contributed by atoms with Gasteiger partial charge >= 0.3 is 5.97 Å². The number of rotatable bonds is 2. The fraction of sp³-hybridized carbons (Fsp3) is 0. The zero-order chi connectivity index (χ0) is 12.7. The molecule has 0 atom stereocenters. The maximum absolute atomic E-state index is 11.0. The minimum Gasteiger partial charge on any atom is -0.476 e. The molecule has 0 bridgehead atoms. The molecule has 0 aliphatic heterocycles. The van der Waals surface area contributed by atoms with Gasteiger partial charge in [-0.25, -0.2) is 4.79 Å². The predicted octanol–water partition coefficient (Wildman–Crippen LogP) is 2.81. The van der Waals surface area contributed by atoms with Gasteiger partial charge in [0, 0.05) is 16.0 Å². The van der Waals surface area contributed by atoms with Gasteiger partial charge in [0.2, 0.25) is 4.96 Å². The standard InChI is InChI=1S/C11H6ClN3O2S/c12-7-3-1-6(2-4-7)9-13-11-15(14-9)8(5-18-11)10(16)17/h1-5H,(H,16,17). The molecule has 0 saturated carbocycles. The van der Waals surface area contributed by atoms with Crippen molar-refractivity contribution < 1.29 is 9.90 Å². The first-order valence-electron chi connectivity index (χ1n) is 4.98. The number of carboxylic acids is 1. The zero-order valence-corrected chi connectivity index (χ0v) is 10.4. The molecule has 0 unspecified atom stereocenters. The molecule has 18 heavy (non-hydrogen) atoms. The summed E-state index contributed by atoms with van der Waals surface area (Å²) in [5, 5.41) is 15.3. The Hall–Kier alpha value is -1.92. The van der Waals surface area contributed by atoms with Crippen LogP contribution in [0.25, 0.3) is 16.3 Å². The smallest absolute Gasteiger partial charge is 0.355 e. The molecule has 2 heterocycles. The lowest BCUT2D eigenvalue weighted by Crippen LogP contribution is -2.01. The van der Waals surface area contributed by atoms with E-state index in [2.05, 4.69) is 10.1 Å². The number of thiazole rings is 1. The summed E-state index contributed by atoms with van der Waals surface area (Å²) < 4.78 is 1.33. The molecule has 0 aliphatic carbocycles. The molecule has 1 N–H and O–H groups in total. The summed E-state index contributed by atoms with van der Waals surface area (Å²) in [4.78, 5) is 15.8. The van der Waals surface area contributed by atoms with Crippen LogP contribution in [0.5, 0.6) is 0 Å². The maximum atomic E-state index is 11.0. The Bertz CT molecular complexity index is 732. The van der Waals surface area contributed by atoms with E-state index in [0.29, 0.717) is 15.8 Å². The van der Waals surface area contributed by atoms with Crippen molar-refractivity contribution in [2.45, 2.75) is 0 Å². The summed E-state index contributed by atoms with van der Waals surface area (Å²) in [6.45, 7) is 0. The van der Waals surface area contributed by atoms with Crippen LogP contribution in [-0.4, -0.2) is 25.7 Å². The third-order valence-corrected chi connectivity index (χ3v) is 3.47. The number of halogens is 1. The first-order chi connectivity index (χ1) is 8.65. The van der Waals surface area contributed by atoms with Gasteiger partial charge in [0.25, 0.3) is 0 Å². The first-order valence-corrected chi connectivity index (χ1v) is 6.24. The van der Waals surface area contributed by atoms with Crippen LogP contribution in [0.4, 0.5) is 0 Å². The van der Waals surface area contributed by atoms with Crippen molar-refractivity contribution in [3.05, 3.63) is 40.4 Å². The lowest BCUT2D eigenvalue weighted by atomic mass is 10.2. The van der Waals surface area contributed by atoms with Gasteiger partial charge in [-0.15, -0.1) is 16.4 Å². The quantitative estimate of drug-likeness (QED) is 0.783. The van der Waals surface area contributed by atoms with Crippen LogP contribution >= 0.6 is 22.9 Å². The van der Waals surface area contributed by atoms with Crippen LogP contribution < -0.4 is 0 Å². The molecule has 0 saturated heterocycles.